The summed E-state index contributed by atoms with van der Waals surface area (Å²) in [5.41, 5.74) is 7.39. The molecule has 1 saturated heterocycles. The van der Waals surface area contributed by atoms with Crippen molar-refractivity contribution in [1.82, 2.24) is 15.1 Å². The summed E-state index contributed by atoms with van der Waals surface area (Å²) in [5, 5.41) is 4.01. The molecule has 2 N–H and O–H groups in total. The van der Waals surface area contributed by atoms with Gasteiger partial charge in [0.2, 0.25) is 11.7 Å². The van der Waals surface area contributed by atoms with Gasteiger partial charge in [-0.25, -0.2) is 4.98 Å². The highest BCUT2D eigenvalue weighted by atomic mass is 16.5. The fourth-order valence-corrected chi connectivity index (χ4v) is 2.33. The van der Waals surface area contributed by atoms with Crippen molar-refractivity contribution in [3.8, 4) is 11.4 Å². The molecule has 0 aromatic carbocycles. The van der Waals surface area contributed by atoms with Crippen LogP contribution in [0.2, 0.25) is 0 Å². The maximum atomic E-state index is 5.73. The maximum absolute atomic E-state index is 5.73. The largest absolute Gasteiger partial charge is 0.384 e. The monoisotopic (exact) mass is 260 g/mol. The lowest BCUT2D eigenvalue weighted by molar-refractivity contribution is 0.122. The minimum atomic E-state index is 0.191. The molecule has 6 heteroatoms. The van der Waals surface area contributed by atoms with Gasteiger partial charge >= 0.3 is 0 Å². The van der Waals surface area contributed by atoms with Crippen molar-refractivity contribution in [3.63, 3.8) is 0 Å². The average Bonchev–Trinajstić information content (AvgIpc) is 2.95. The van der Waals surface area contributed by atoms with Gasteiger partial charge in [0.15, 0.2) is 0 Å². The van der Waals surface area contributed by atoms with E-state index >= 15 is 0 Å². The van der Waals surface area contributed by atoms with Crippen molar-refractivity contribution in [3.05, 3.63) is 23.7 Å². The number of nitrogens with zero attached hydrogens (tertiary/aromatic N) is 3. The van der Waals surface area contributed by atoms with Gasteiger partial charge in [-0.1, -0.05) is 5.16 Å². The summed E-state index contributed by atoms with van der Waals surface area (Å²) in [6, 6.07) is 3.63. The summed E-state index contributed by atoms with van der Waals surface area (Å²) in [6.07, 6.45) is 1.17. The highest BCUT2D eigenvalue weighted by Gasteiger charge is 2.28. The van der Waals surface area contributed by atoms with Crippen LogP contribution in [-0.4, -0.2) is 27.8 Å². The minimum absolute atomic E-state index is 0.191. The molecule has 0 spiro atoms. The summed E-state index contributed by atoms with van der Waals surface area (Å²) >= 11 is 0. The number of ether oxygens (including phenoxy) is 1. The molecule has 2 aromatic heterocycles. The third-order valence-corrected chi connectivity index (χ3v) is 3.22. The number of nitrogen functional groups attached to an aromatic ring is 1. The minimum Gasteiger partial charge on any atom is -0.384 e. The van der Waals surface area contributed by atoms with Crippen LogP contribution in [0.5, 0.6) is 0 Å². The summed E-state index contributed by atoms with van der Waals surface area (Å²) in [6.45, 7) is 4.57. The Morgan fingerprint density at radius 2 is 2.16 bits per heavy atom. The van der Waals surface area contributed by atoms with Gasteiger partial charge in [0.25, 0.3) is 0 Å². The molecule has 2 aromatic rings. The zero-order valence-corrected chi connectivity index (χ0v) is 11.0. The van der Waals surface area contributed by atoms with Crippen molar-refractivity contribution >= 4 is 5.82 Å². The molecule has 2 atom stereocenters. The van der Waals surface area contributed by atoms with Gasteiger partial charge in [0.05, 0.1) is 18.6 Å². The van der Waals surface area contributed by atoms with Crippen molar-refractivity contribution in [2.45, 2.75) is 32.3 Å². The molecule has 3 rings (SSSR count). The van der Waals surface area contributed by atoms with E-state index in [4.69, 9.17) is 15.0 Å². The lowest BCUT2D eigenvalue weighted by atomic mass is 10.1. The first-order valence-electron chi connectivity index (χ1n) is 6.31. The molecule has 0 bridgehead atoms. The molecular formula is C13H16N4O2. The summed E-state index contributed by atoms with van der Waals surface area (Å²) in [5.74, 6) is 1.83. The lowest BCUT2D eigenvalue weighted by Gasteiger charge is -2.00. The second-order valence-electron chi connectivity index (χ2n) is 4.95. The smallest absolute Gasteiger partial charge is 0.232 e. The molecule has 19 heavy (non-hydrogen) atoms. The lowest BCUT2D eigenvalue weighted by Crippen LogP contribution is -1.98. The van der Waals surface area contributed by atoms with Crippen molar-refractivity contribution in [2.24, 2.45) is 0 Å². The Hall–Kier alpha value is -1.95. The van der Waals surface area contributed by atoms with E-state index in [2.05, 4.69) is 15.1 Å². The van der Waals surface area contributed by atoms with Crippen LogP contribution in [0.1, 0.15) is 30.8 Å². The number of anilines is 1. The summed E-state index contributed by atoms with van der Waals surface area (Å²) in [7, 11) is 0. The number of aromatic nitrogens is 3. The molecule has 1 aliphatic rings. The Kier molecular flexibility index (Phi) is 2.94. The standard InChI is InChI=1S/C13H16N4O2/c1-7-3-9(5-11(14)15-7)12-16-13(19-17-12)10-4-8(2)18-6-10/h3,5,8,10H,4,6H2,1-2H3,(H2,14,15). The van der Waals surface area contributed by atoms with Gasteiger partial charge in [-0.05, 0) is 32.4 Å². The Balaban J connectivity index is 1.88. The van der Waals surface area contributed by atoms with E-state index in [1.54, 1.807) is 6.07 Å². The van der Waals surface area contributed by atoms with E-state index < -0.39 is 0 Å². The third kappa shape index (κ3) is 2.44. The molecule has 0 radical (unpaired) electrons. The normalized spacial score (nSPS) is 22.8. The van der Waals surface area contributed by atoms with Crippen molar-refractivity contribution in [2.75, 3.05) is 12.3 Å². The average molecular weight is 260 g/mol. The Labute approximate surface area is 111 Å². The highest BCUT2D eigenvalue weighted by Crippen LogP contribution is 2.29. The van der Waals surface area contributed by atoms with Crippen LogP contribution >= 0.6 is 0 Å². The molecule has 3 heterocycles. The van der Waals surface area contributed by atoms with E-state index in [9.17, 15) is 0 Å². The van der Waals surface area contributed by atoms with Gasteiger partial charge in [-0.2, -0.15) is 4.98 Å². The quantitative estimate of drug-likeness (QED) is 0.887. The van der Waals surface area contributed by atoms with E-state index in [1.807, 2.05) is 19.9 Å². The zero-order valence-electron chi connectivity index (χ0n) is 11.0. The van der Waals surface area contributed by atoms with Gasteiger partial charge in [-0.3, -0.25) is 0 Å². The maximum Gasteiger partial charge on any atom is 0.232 e. The molecule has 0 saturated carbocycles. The van der Waals surface area contributed by atoms with E-state index in [-0.39, 0.29) is 12.0 Å². The van der Waals surface area contributed by atoms with Crippen LogP contribution in [0.3, 0.4) is 0 Å². The second-order valence-corrected chi connectivity index (χ2v) is 4.95. The van der Waals surface area contributed by atoms with Gasteiger partial charge in [-0.15, -0.1) is 0 Å². The number of rotatable bonds is 2. The third-order valence-electron chi connectivity index (χ3n) is 3.22. The first-order chi connectivity index (χ1) is 9.11. The van der Waals surface area contributed by atoms with Crippen LogP contribution in [-0.2, 0) is 4.74 Å². The van der Waals surface area contributed by atoms with Crippen molar-refractivity contribution in [1.29, 1.82) is 0 Å². The van der Waals surface area contributed by atoms with Crippen LogP contribution in [0.15, 0.2) is 16.7 Å². The summed E-state index contributed by atoms with van der Waals surface area (Å²) in [4.78, 5) is 8.56. The number of aryl methyl sites for hydroxylation is 1. The molecule has 6 nitrogen and oxygen atoms in total. The van der Waals surface area contributed by atoms with Crippen molar-refractivity contribution < 1.29 is 9.26 Å². The van der Waals surface area contributed by atoms with E-state index in [1.165, 1.54) is 0 Å². The van der Waals surface area contributed by atoms with Crippen LogP contribution < -0.4 is 5.73 Å². The number of nitrogens with two attached hydrogens (primary N) is 1. The van der Waals surface area contributed by atoms with E-state index in [0.29, 0.717) is 24.1 Å². The molecule has 0 aliphatic carbocycles. The second kappa shape index (κ2) is 4.62. The molecule has 1 fully saturated rings. The fraction of sp³-hybridized carbons (Fsp3) is 0.462. The topological polar surface area (TPSA) is 87.1 Å². The summed E-state index contributed by atoms with van der Waals surface area (Å²) < 4.78 is 10.8. The molecule has 2 unspecified atom stereocenters. The van der Waals surface area contributed by atoms with Crippen LogP contribution in [0.25, 0.3) is 11.4 Å². The first-order valence-corrected chi connectivity index (χ1v) is 6.31. The zero-order chi connectivity index (χ0) is 13.4. The SMILES string of the molecule is Cc1cc(-c2noc(C3COC(C)C3)n2)cc(N)n1. The number of pyridine rings is 1. The number of hydrogen-bond donors (Lipinski definition) is 1. The predicted octanol–water partition coefficient (Wildman–Crippen LogP) is 1.91. The number of hydrogen-bond acceptors (Lipinski definition) is 6. The Bertz CT molecular complexity index is 576. The van der Waals surface area contributed by atoms with E-state index in [0.717, 1.165) is 17.7 Å². The van der Waals surface area contributed by atoms with Crippen LogP contribution in [0, 0.1) is 6.92 Å². The van der Waals surface area contributed by atoms with Gasteiger partial charge < -0.3 is 15.0 Å². The highest BCUT2D eigenvalue weighted by molar-refractivity contribution is 5.59. The molecule has 1 aliphatic heterocycles. The molecule has 100 valence electrons. The van der Waals surface area contributed by atoms with Gasteiger partial charge in [0.1, 0.15) is 5.82 Å². The molecule has 0 amide bonds. The fourth-order valence-electron chi connectivity index (χ4n) is 2.33. The van der Waals surface area contributed by atoms with Crippen LogP contribution in [0.4, 0.5) is 5.82 Å². The predicted molar refractivity (Wildman–Crippen MR) is 69.5 cm³/mol. The first kappa shape index (κ1) is 12.1. The molecular weight excluding hydrogens is 244 g/mol. The Morgan fingerprint density at radius 1 is 1.32 bits per heavy atom. The Morgan fingerprint density at radius 3 is 2.84 bits per heavy atom. The van der Waals surface area contributed by atoms with Gasteiger partial charge in [0, 0.05) is 11.3 Å².